The Morgan fingerprint density at radius 2 is 1.68 bits per heavy atom. The summed E-state index contributed by atoms with van der Waals surface area (Å²) in [5.74, 6) is 1.95. The van der Waals surface area contributed by atoms with E-state index in [-0.39, 0.29) is 5.60 Å². The average molecular weight is 390 g/mol. The number of hydrogen-bond donors (Lipinski definition) is 0. The maximum absolute atomic E-state index is 13.0. The molecule has 0 aromatic carbocycles. The van der Waals surface area contributed by atoms with Gasteiger partial charge in [-0.05, 0) is 62.4 Å². The molecule has 2 nitrogen and oxygen atoms in total. The second kappa shape index (κ2) is 12.4. The van der Waals surface area contributed by atoms with Gasteiger partial charge in [-0.15, -0.1) is 0 Å². The van der Waals surface area contributed by atoms with Crippen molar-refractivity contribution in [3.63, 3.8) is 0 Å². The van der Waals surface area contributed by atoms with Gasteiger partial charge in [-0.1, -0.05) is 70.4 Å². The van der Waals surface area contributed by atoms with Crippen molar-refractivity contribution in [2.24, 2.45) is 17.8 Å². The highest BCUT2D eigenvalue weighted by Gasteiger charge is 2.36. The number of nitrogens with zero attached hydrogens (tertiary/aromatic N) is 1. The zero-order valence-corrected chi connectivity index (χ0v) is 18.1. The van der Waals surface area contributed by atoms with Crippen LogP contribution in [0.4, 0.5) is 4.39 Å². The molecule has 0 saturated heterocycles. The fraction of sp³-hybridized carbons (Fsp3) is 0.800. The van der Waals surface area contributed by atoms with E-state index in [1.807, 2.05) is 6.08 Å². The van der Waals surface area contributed by atoms with E-state index in [9.17, 15) is 4.39 Å². The van der Waals surface area contributed by atoms with E-state index in [0.29, 0.717) is 0 Å². The maximum Gasteiger partial charge on any atom is 0.199 e. The van der Waals surface area contributed by atoms with Gasteiger partial charge in [0.15, 0.2) is 5.83 Å². The lowest BCUT2D eigenvalue weighted by molar-refractivity contribution is -0.0201. The number of halogens is 1. The molecule has 0 aromatic heterocycles. The Hall–Kier alpha value is -1.14. The van der Waals surface area contributed by atoms with E-state index < -0.39 is 5.83 Å². The van der Waals surface area contributed by atoms with Gasteiger partial charge in [0.1, 0.15) is 6.07 Å². The molecule has 2 aliphatic carbocycles. The zero-order valence-electron chi connectivity index (χ0n) is 18.1. The highest BCUT2D eigenvalue weighted by molar-refractivity contribution is 5.21. The molecule has 2 aliphatic rings. The molecule has 0 amide bonds. The van der Waals surface area contributed by atoms with Gasteiger partial charge in [0.25, 0.3) is 0 Å². The monoisotopic (exact) mass is 389 g/mol. The van der Waals surface area contributed by atoms with Crippen molar-refractivity contribution >= 4 is 0 Å². The predicted octanol–water partition coefficient (Wildman–Crippen LogP) is 7.66. The van der Waals surface area contributed by atoms with Gasteiger partial charge < -0.3 is 4.74 Å². The number of hydrogen-bond acceptors (Lipinski definition) is 2. The van der Waals surface area contributed by atoms with Crippen molar-refractivity contribution < 1.29 is 9.13 Å². The molecular formula is C25H40FNO. The molecule has 0 heterocycles. The van der Waals surface area contributed by atoms with Crippen molar-refractivity contribution in [2.45, 2.75) is 102 Å². The minimum Gasteiger partial charge on any atom is -0.374 e. The fourth-order valence-corrected chi connectivity index (χ4v) is 5.37. The van der Waals surface area contributed by atoms with Crippen molar-refractivity contribution in [1.29, 1.82) is 5.26 Å². The second-order valence-corrected chi connectivity index (χ2v) is 9.08. The van der Waals surface area contributed by atoms with E-state index in [0.717, 1.165) is 30.6 Å². The van der Waals surface area contributed by atoms with Crippen LogP contribution in [0.2, 0.25) is 0 Å². The summed E-state index contributed by atoms with van der Waals surface area (Å²) in [5, 5.41) is 8.51. The maximum atomic E-state index is 13.0. The number of nitriles is 1. The summed E-state index contributed by atoms with van der Waals surface area (Å²) in [6, 6.07) is 1.51. The van der Waals surface area contributed by atoms with Crippen LogP contribution in [0.25, 0.3) is 0 Å². The summed E-state index contributed by atoms with van der Waals surface area (Å²) in [5.41, 5.74) is -0.279. The molecule has 0 N–H and O–H groups in total. The quantitative estimate of drug-likeness (QED) is 0.218. The summed E-state index contributed by atoms with van der Waals surface area (Å²) >= 11 is 0. The predicted molar refractivity (Wildman–Crippen MR) is 114 cm³/mol. The molecule has 3 heteroatoms. The number of rotatable bonds is 10. The number of allylic oxidation sites excluding steroid dienone is 3. The van der Waals surface area contributed by atoms with Crippen LogP contribution in [-0.2, 0) is 4.74 Å². The van der Waals surface area contributed by atoms with Gasteiger partial charge in [0, 0.05) is 7.11 Å². The Kier molecular flexibility index (Phi) is 10.3. The highest BCUT2D eigenvalue weighted by atomic mass is 19.1. The molecule has 158 valence electrons. The summed E-state index contributed by atoms with van der Waals surface area (Å²) in [4.78, 5) is 0. The zero-order chi connectivity index (χ0) is 20.2. The van der Waals surface area contributed by atoms with Crippen LogP contribution in [0, 0.1) is 29.1 Å². The van der Waals surface area contributed by atoms with Gasteiger partial charge >= 0.3 is 0 Å². The van der Waals surface area contributed by atoms with Crippen LogP contribution in [0.1, 0.15) is 96.8 Å². The Morgan fingerprint density at radius 1 is 1.04 bits per heavy atom. The first-order chi connectivity index (χ1) is 13.6. The molecule has 2 fully saturated rings. The smallest absolute Gasteiger partial charge is 0.199 e. The summed E-state index contributed by atoms with van der Waals surface area (Å²) in [6.45, 7) is 2.28. The molecule has 0 atom stereocenters. The Labute approximate surface area is 172 Å². The van der Waals surface area contributed by atoms with Crippen molar-refractivity contribution in [3.8, 4) is 6.07 Å². The number of ether oxygens (including phenoxy) is 1. The van der Waals surface area contributed by atoms with E-state index in [4.69, 9.17) is 10.00 Å². The minimum atomic E-state index is -0.752. The van der Waals surface area contributed by atoms with Crippen LogP contribution in [0.15, 0.2) is 24.1 Å². The molecule has 0 spiro atoms. The Morgan fingerprint density at radius 3 is 2.29 bits per heavy atom. The molecule has 0 aromatic rings. The Balaban J connectivity index is 1.71. The summed E-state index contributed by atoms with van der Waals surface area (Å²) in [6.07, 6.45) is 23.4. The third-order valence-electron chi connectivity index (χ3n) is 7.31. The first-order valence-electron chi connectivity index (χ1n) is 11.6. The van der Waals surface area contributed by atoms with E-state index >= 15 is 0 Å². The second-order valence-electron chi connectivity index (χ2n) is 9.08. The first-order valence-corrected chi connectivity index (χ1v) is 11.6. The lowest BCUT2D eigenvalue weighted by atomic mass is 9.67. The van der Waals surface area contributed by atoms with Crippen molar-refractivity contribution in [3.05, 3.63) is 24.1 Å². The topological polar surface area (TPSA) is 33.0 Å². The average Bonchev–Trinajstić information content (AvgIpc) is 2.74. The van der Waals surface area contributed by atoms with Gasteiger partial charge in [-0.25, -0.2) is 0 Å². The van der Waals surface area contributed by atoms with Crippen LogP contribution in [-0.4, -0.2) is 12.7 Å². The molecule has 0 aliphatic heterocycles. The van der Waals surface area contributed by atoms with Crippen molar-refractivity contribution in [1.82, 2.24) is 0 Å². The van der Waals surface area contributed by atoms with E-state index in [1.54, 1.807) is 13.2 Å². The lowest BCUT2D eigenvalue weighted by Gasteiger charge is -2.42. The summed E-state index contributed by atoms with van der Waals surface area (Å²) in [7, 11) is 1.75. The molecule has 2 rings (SSSR count). The standard InChI is InChI=1S/C25H40FNO/c1-3-4-5-6-7-9-21-11-13-22(14-12-21)23-15-18-25(28-2,19-16-23)17-8-10-24(26)20-27/h8,10,17,21-23H,3-7,9,11-16,18-19H2,1-2H3. The normalized spacial score (nSPS) is 31.8. The fourth-order valence-electron chi connectivity index (χ4n) is 5.37. The van der Waals surface area contributed by atoms with Crippen molar-refractivity contribution in [2.75, 3.05) is 7.11 Å². The molecule has 2 saturated carbocycles. The number of unbranched alkanes of at least 4 members (excludes halogenated alkanes) is 4. The minimum absolute atomic E-state index is 0.279. The van der Waals surface area contributed by atoms with Crippen LogP contribution in [0.3, 0.4) is 0 Å². The SMILES string of the molecule is CCCCCCCC1CCC(C2CCC(C=CC=C(F)C#N)(OC)CC2)CC1. The van der Waals surface area contributed by atoms with Gasteiger partial charge in [0.2, 0.25) is 0 Å². The van der Waals surface area contributed by atoms with E-state index in [2.05, 4.69) is 6.92 Å². The van der Waals surface area contributed by atoms with Crippen LogP contribution in [0.5, 0.6) is 0 Å². The van der Waals surface area contributed by atoms with E-state index in [1.165, 1.54) is 89.2 Å². The van der Waals surface area contributed by atoms with Gasteiger partial charge in [0.05, 0.1) is 5.60 Å². The van der Waals surface area contributed by atoms with Crippen LogP contribution >= 0.6 is 0 Å². The number of methoxy groups -OCH3 is 1. The molecular weight excluding hydrogens is 349 g/mol. The molecule has 0 radical (unpaired) electrons. The first kappa shape index (κ1) is 23.1. The Bertz CT molecular complexity index is 531. The lowest BCUT2D eigenvalue weighted by Crippen LogP contribution is -2.36. The third kappa shape index (κ3) is 7.36. The molecule has 0 bridgehead atoms. The van der Waals surface area contributed by atoms with Gasteiger partial charge in [-0.2, -0.15) is 9.65 Å². The molecule has 28 heavy (non-hydrogen) atoms. The van der Waals surface area contributed by atoms with Gasteiger partial charge in [-0.3, -0.25) is 0 Å². The molecule has 0 unspecified atom stereocenters. The third-order valence-corrected chi connectivity index (χ3v) is 7.31. The highest BCUT2D eigenvalue weighted by Crippen LogP contribution is 2.44. The van der Waals surface area contributed by atoms with Crippen LogP contribution < -0.4 is 0 Å². The summed E-state index contributed by atoms with van der Waals surface area (Å²) < 4.78 is 18.8. The largest absolute Gasteiger partial charge is 0.374 e.